The Bertz CT molecular complexity index is 679. The number of aliphatic hydroxyl groups is 1. The fourth-order valence-corrected chi connectivity index (χ4v) is 5.55. The molecule has 3 N–H and O–H groups in total. The third-order valence-electron chi connectivity index (χ3n) is 7.33. The largest absolute Gasteiger partial charge is 0.472 e. The average molecular weight is 622 g/mol. The van der Waals surface area contributed by atoms with Crippen LogP contribution in [0.2, 0.25) is 0 Å². The summed E-state index contributed by atoms with van der Waals surface area (Å²) in [5.74, 6) is -0.689. The normalized spacial score (nSPS) is 13.5. The summed E-state index contributed by atoms with van der Waals surface area (Å²) in [6, 6.07) is 0. The van der Waals surface area contributed by atoms with Crippen molar-refractivity contribution in [2.75, 3.05) is 26.4 Å². The highest BCUT2D eigenvalue weighted by atomic mass is 31.2. The van der Waals surface area contributed by atoms with Crippen LogP contribution in [0.15, 0.2) is 0 Å². The fraction of sp³-hybridized carbons (Fsp3) is 0.938. The van der Waals surface area contributed by atoms with Crippen molar-refractivity contribution in [3.8, 4) is 0 Å². The Hall–Kier alpha value is -0.990. The zero-order valence-electron chi connectivity index (χ0n) is 27.0. The summed E-state index contributed by atoms with van der Waals surface area (Å²) in [5.41, 5.74) is 0. The number of rotatable bonds is 32. The summed E-state index contributed by atoms with van der Waals surface area (Å²) in [7, 11) is -4.36. The molecule has 10 heteroatoms. The number of unbranched alkanes of at least 4 members (excludes halogenated alkanes) is 21. The summed E-state index contributed by atoms with van der Waals surface area (Å²) in [5, 5.41) is 12.2. The lowest BCUT2D eigenvalue weighted by molar-refractivity contribution is -0.147. The molecule has 0 aliphatic carbocycles. The molecule has 2 unspecified atom stereocenters. The number of phosphoric acid groups is 1. The molecule has 250 valence electrons. The minimum atomic E-state index is -4.36. The Morgan fingerprint density at radius 1 is 0.667 bits per heavy atom. The van der Waals surface area contributed by atoms with E-state index >= 15 is 0 Å². The summed E-state index contributed by atoms with van der Waals surface area (Å²) < 4.78 is 26.0. The predicted octanol–water partition coefficient (Wildman–Crippen LogP) is 8.15. The number of aliphatic hydroxyl groups excluding tert-OH is 1. The van der Waals surface area contributed by atoms with Crippen molar-refractivity contribution >= 4 is 19.7 Å². The second kappa shape index (κ2) is 30.1. The van der Waals surface area contributed by atoms with Gasteiger partial charge >= 0.3 is 13.8 Å². The number of nitrogens with one attached hydrogen (secondary N) is 1. The van der Waals surface area contributed by atoms with E-state index in [0.29, 0.717) is 0 Å². The zero-order valence-corrected chi connectivity index (χ0v) is 27.9. The number of phosphoric ester groups is 1. The van der Waals surface area contributed by atoms with E-state index < -0.39 is 26.5 Å². The molecule has 0 rings (SSSR count). The van der Waals surface area contributed by atoms with Gasteiger partial charge in [0.25, 0.3) is 0 Å². The molecule has 0 aromatic carbocycles. The quantitative estimate of drug-likeness (QED) is 0.0390. The van der Waals surface area contributed by atoms with Gasteiger partial charge in [0, 0.05) is 19.9 Å². The van der Waals surface area contributed by atoms with Crippen LogP contribution < -0.4 is 5.32 Å². The molecule has 0 aromatic heterocycles. The molecule has 0 saturated heterocycles. The van der Waals surface area contributed by atoms with Gasteiger partial charge in [-0.1, -0.05) is 142 Å². The standard InChI is InChI=1S/C32H64NO8P/c1-3-4-5-6-7-8-9-10-11-12-13-14-15-16-17-18-19-20-21-22-23-24-25-32(36)39-28-31(35)29-41-42(37,38)40-27-26-33-30(2)34/h31,35H,3-29H2,1-2H3,(H,33,34)(H,37,38). The van der Waals surface area contributed by atoms with Gasteiger partial charge in [-0.05, 0) is 6.42 Å². The van der Waals surface area contributed by atoms with Gasteiger partial charge in [-0.25, -0.2) is 4.57 Å². The lowest BCUT2D eigenvalue weighted by Gasteiger charge is -2.15. The third-order valence-corrected chi connectivity index (χ3v) is 8.32. The number of carbonyl (C=O) groups excluding carboxylic acids is 2. The van der Waals surface area contributed by atoms with Crippen LogP contribution in [0, 0.1) is 0 Å². The third kappa shape index (κ3) is 31.9. The van der Waals surface area contributed by atoms with E-state index in [4.69, 9.17) is 4.74 Å². The fourth-order valence-electron chi connectivity index (χ4n) is 4.79. The van der Waals surface area contributed by atoms with Gasteiger partial charge < -0.3 is 20.1 Å². The van der Waals surface area contributed by atoms with E-state index in [1.807, 2.05) is 0 Å². The van der Waals surface area contributed by atoms with Gasteiger partial charge in [-0.15, -0.1) is 0 Å². The molecule has 1 amide bonds. The van der Waals surface area contributed by atoms with Crippen molar-refractivity contribution in [1.29, 1.82) is 0 Å². The SMILES string of the molecule is CCCCCCCCCCCCCCCCCCCCCCCCC(=O)OCC(O)COP(=O)(O)OCCNC(C)=O. The van der Waals surface area contributed by atoms with Crippen molar-refractivity contribution in [3.63, 3.8) is 0 Å². The molecule has 0 radical (unpaired) electrons. The molecule has 0 aliphatic heterocycles. The number of hydrogen-bond acceptors (Lipinski definition) is 7. The molecular formula is C32H64NO8P. The molecule has 2 atom stereocenters. The molecule has 0 bridgehead atoms. The molecule has 0 aromatic rings. The van der Waals surface area contributed by atoms with Crippen LogP contribution in [-0.2, 0) is 27.9 Å². The van der Waals surface area contributed by atoms with Crippen LogP contribution in [0.1, 0.15) is 162 Å². The molecule has 0 heterocycles. The number of carbonyl (C=O) groups is 2. The Kier molecular flexibility index (Phi) is 29.3. The molecular weight excluding hydrogens is 557 g/mol. The highest BCUT2D eigenvalue weighted by Gasteiger charge is 2.23. The highest BCUT2D eigenvalue weighted by molar-refractivity contribution is 7.47. The van der Waals surface area contributed by atoms with Crippen LogP contribution >= 0.6 is 7.82 Å². The van der Waals surface area contributed by atoms with Gasteiger partial charge in [0.15, 0.2) is 0 Å². The first kappa shape index (κ1) is 41.0. The zero-order chi connectivity index (χ0) is 31.2. The Balaban J connectivity index is 3.38. The first-order valence-corrected chi connectivity index (χ1v) is 18.5. The van der Waals surface area contributed by atoms with Crippen molar-refractivity contribution < 1.29 is 37.9 Å². The van der Waals surface area contributed by atoms with E-state index in [0.717, 1.165) is 19.3 Å². The van der Waals surface area contributed by atoms with Gasteiger partial charge in [0.05, 0.1) is 13.2 Å². The van der Waals surface area contributed by atoms with Gasteiger partial charge in [-0.2, -0.15) is 0 Å². The topological polar surface area (TPSA) is 131 Å². The minimum absolute atomic E-state index is 0.0585. The number of hydrogen-bond donors (Lipinski definition) is 3. The van der Waals surface area contributed by atoms with Crippen LogP contribution in [0.4, 0.5) is 0 Å². The maximum absolute atomic E-state index is 11.8. The van der Waals surface area contributed by atoms with Gasteiger partial charge in [0.1, 0.15) is 12.7 Å². The Labute approximate surface area is 256 Å². The maximum atomic E-state index is 11.8. The van der Waals surface area contributed by atoms with E-state index in [9.17, 15) is 24.2 Å². The minimum Gasteiger partial charge on any atom is -0.463 e. The first-order valence-electron chi connectivity index (χ1n) is 17.0. The molecule has 9 nitrogen and oxygen atoms in total. The van der Waals surface area contributed by atoms with Crippen LogP contribution in [0.3, 0.4) is 0 Å². The molecule has 42 heavy (non-hydrogen) atoms. The summed E-state index contributed by atoms with van der Waals surface area (Å²) in [6.45, 7) is 2.61. The van der Waals surface area contributed by atoms with Crippen LogP contribution in [0.5, 0.6) is 0 Å². The van der Waals surface area contributed by atoms with Crippen LogP contribution in [-0.4, -0.2) is 54.3 Å². The Morgan fingerprint density at radius 3 is 1.48 bits per heavy atom. The number of ether oxygens (including phenoxy) is 1. The number of amides is 1. The molecule has 0 aliphatic rings. The van der Waals surface area contributed by atoms with Crippen molar-refractivity contribution in [1.82, 2.24) is 5.32 Å². The van der Waals surface area contributed by atoms with Crippen molar-refractivity contribution in [2.24, 2.45) is 0 Å². The maximum Gasteiger partial charge on any atom is 0.472 e. The second-order valence-corrected chi connectivity index (χ2v) is 13.0. The lowest BCUT2D eigenvalue weighted by Crippen LogP contribution is -2.25. The first-order chi connectivity index (χ1) is 20.3. The smallest absolute Gasteiger partial charge is 0.463 e. The Morgan fingerprint density at radius 2 is 1.07 bits per heavy atom. The van der Waals surface area contributed by atoms with Gasteiger partial charge in [-0.3, -0.25) is 18.6 Å². The average Bonchev–Trinajstić information content (AvgIpc) is 2.95. The second-order valence-electron chi connectivity index (χ2n) is 11.6. The molecule has 0 fully saturated rings. The molecule has 0 saturated carbocycles. The highest BCUT2D eigenvalue weighted by Crippen LogP contribution is 2.42. The van der Waals surface area contributed by atoms with Crippen molar-refractivity contribution in [2.45, 2.75) is 168 Å². The van der Waals surface area contributed by atoms with E-state index in [-0.39, 0.29) is 32.1 Å². The summed E-state index contributed by atoms with van der Waals surface area (Å²) in [4.78, 5) is 32.1. The lowest BCUT2D eigenvalue weighted by atomic mass is 10.0. The summed E-state index contributed by atoms with van der Waals surface area (Å²) in [6.07, 6.45) is 28.0. The predicted molar refractivity (Wildman–Crippen MR) is 169 cm³/mol. The number of esters is 1. The van der Waals surface area contributed by atoms with E-state index in [1.165, 1.54) is 129 Å². The molecule has 0 spiro atoms. The van der Waals surface area contributed by atoms with E-state index in [1.54, 1.807) is 0 Å². The van der Waals surface area contributed by atoms with Crippen molar-refractivity contribution in [3.05, 3.63) is 0 Å². The monoisotopic (exact) mass is 621 g/mol. The van der Waals surface area contributed by atoms with Crippen LogP contribution in [0.25, 0.3) is 0 Å². The van der Waals surface area contributed by atoms with Gasteiger partial charge in [0.2, 0.25) is 5.91 Å². The summed E-state index contributed by atoms with van der Waals surface area (Å²) >= 11 is 0. The van der Waals surface area contributed by atoms with E-state index in [2.05, 4.69) is 21.3 Å².